The summed E-state index contributed by atoms with van der Waals surface area (Å²) in [6.07, 6.45) is 3.59. The lowest BCUT2D eigenvalue weighted by Gasteiger charge is -2.13. The van der Waals surface area contributed by atoms with Crippen LogP contribution >= 0.6 is 0 Å². The molecular formula is C39H25N3. The molecule has 3 heteroatoms. The van der Waals surface area contributed by atoms with Crippen LogP contribution in [0.15, 0.2) is 152 Å². The molecule has 0 spiro atoms. The molecule has 0 fully saturated rings. The summed E-state index contributed by atoms with van der Waals surface area (Å²) in [6.45, 7) is 0. The molecule has 0 radical (unpaired) electrons. The van der Waals surface area contributed by atoms with Crippen LogP contribution in [0, 0.1) is 0 Å². The van der Waals surface area contributed by atoms with Gasteiger partial charge in [0.2, 0.25) is 0 Å². The number of hydrogen-bond acceptors (Lipinski definition) is 3. The lowest BCUT2D eigenvalue weighted by Crippen LogP contribution is -1.91. The Morgan fingerprint density at radius 2 is 1.05 bits per heavy atom. The van der Waals surface area contributed by atoms with Crippen molar-refractivity contribution >= 4 is 32.4 Å². The SMILES string of the molecule is c1cc(-c2ccc(-c3cccc(-c4ccncc4)n3)cc2)cc(-c2nc3ccccc3c3c2ccc2ccccc23)c1. The van der Waals surface area contributed by atoms with Crippen molar-refractivity contribution in [2.45, 2.75) is 0 Å². The highest BCUT2D eigenvalue weighted by molar-refractivity contribution is 6.22. The number of fused-ring (bicyclic) bond motifs is 5. The van der Waals surface area contributed by atoms with E-state index in [4.69, 9.17) is 9.97 Å². The monoisotopic (exact) mass is 535 g/mol. The van der Waals surface area contributed by atoms with Gasteiger partial charge >= 0.3 is 0 Å². The Morgan fingerprint density at radius 1 is 0.381 bits per heavy atom. The van der Waals surface area contributed by atoms with Gasteiger partial charge in [0.05, 0.1) is 22.6 Å². The molecule has 196 valence electrons. The summed E-state index contributed by atoms with van der Waals surface area (Å²) in [4.78, 5) is 14.2. The molecule has 0 atom stereocenters. The highest BCUT2D eigenvalue weighted by Crippen LogP contribution is 2.38. The van der Waals surface area contributed by atoms with Gasteiger partial charge in [-0.2, -0.15) is 0 Å². The summed E-state index contributed by atoms with van der Waals surface area (Å²) in [5.74, 6) is 0. The van der Waals surface area contributed by atoms with E-state index in [9.17, 15) is 0 Å². The Balaban J connectivity index is 1.20. The first-order valence-corrected chi connectivity index (χ1v) is 14.1. The fraction of sp³-hybridized carbons (Fsp3) is 0. The summed E-state index contributed by atoms with van der Waals surface area (Å²) < 4.78 is 0. The van der Waals surface area contributed by atoms with E-state index < -0.39 is 0 Å². The predicted octanol–water partition coefficient (Wildman–Crippen LogP) is 10.00. The van der Waals surface area contributed by atoms with Gasteiger partial charge in [-0.3, -0.25) is 4.98 Å². The van der Waals surface area contributed by atoms with Crippen LogP contribution in [0.1, 0.15) is 0 Å². The van der Waals surface area contributed by atoms with Crippen molar-refractivity contribution in [2.75, 3.05) is 0 Å². The van der Waals surface area contributed by atoms with E-state index in [-0.39, 0.29) is 0 Å². The third-order valence-corrected chi connectivity index (χ3v) is 7.96. The first-order chi connectivity index (χ1) is 20.8. The van der Waals surface area contributed by atoms with E-state index in [1.54, 1.807) is 12.4 Å². The topological polar surface area (TPSA) is 38.7 Å². The molecule has 0 saturated carbocycles. The van der Waals surface area contributed by atoms with Crippen molar-refractivity contribution in [3.63, 3.8) is 0 Å². The molecule has 8 aromatic rings. The van der Waals surface area contributed by atoms with Crippen molar-refractivity contribution in [1.82, 2.24) is 15.0 Å². The molecule has 0 aliphatic rings. The zero-order valence-corrected chi connectivity index (χ0v) is 22.8. The second kappa shape index (κ2) is 10.1. The number of benzene rings is 5. The van der Waals surface area contributed by atoms with Crippen LogP contribution < -0.4 is 0 Å². The van der Waals surface area contributed by atoms with E-state index in [1.807, 2.05) is 18.2 Å². The van der Waals surface area contributed by atoms with Crippen molar-refractivity contribution in [2.24, 2.45) is 0 Å². The normalized spacial score (nSPS) is 11.3. The minimum absolute atomic E-state index is 0.939. The zero-order valence-electron chi connectivity index (χ0n) is 22.8. The van der Waals surface area contributed by atoms with Crippen molar-refractivity contribution in [1.29, 1.82) is 0 Å². The van der Waals surface area contributed by atoms with Crippen LogP contribution in [0.2, 0.25) is 0 Å². The quantitative estimate of drug-likeness (QED) is 0.211. The van der Waals surface area contributed by atoms with Gasteiger partial charge in [0.1, 0.15) is 0 Å². The first-order valence-electron chi connectivity index (χ1n) is 14.1. The number of para-hydroxylation sites is 1. The van der Waals surface area contributed by atoms with Crippen LogP contribution in [0.3, 0.4) is 0 Å². The average Bonchev–Trinajstić information content (AvgIpc) is 3.08. The van der Waals surface area contributed by atoms with Gasteiger partial charge in [-0.1, -0.05) is 103 Å². The fourth-order valence-electron chi connectivity index (χ4n) is 5.90. The Kier molecular flexibility index (Phi) is 5.79. The molecule has 0 unspecified atom stereocenters. The minimum Gasteiger partial charge on any atom is -0.265 e. The van der Waals surface area contributed by atoms with Crippen molar-refractivity contribution in [3.8, 4) is 44.9 Å². The molecule has 0 bridgehead atoms. The van der Waals surface area contributed by atoms with Gasteiger partial charge in [0.25, 0.3) is 0 Å². The van der Waals surface area contributed by atoms with E-state index in [1.165, 1.54) is 26.9 Å². The summed E-state index contributed by atoms with van der Waals surface area (Å²) in [7, 11) is 0. The third-order valence-electron chi connectivity index (χ3n) is 7.96. The van der Waals surface area contributed by atoms with Crippen LogP contribution in [0.4, 0.5) is 0 Å². The second-order valence-corrected chi connectivity index (χ2v) is 10.5. The first kappa shape index (κ1) is 24.2. The lowest BCUT2D eigenvalue weighted by molar-refractivity contribution is 1.29. The van der Waals surface area contributed by atoms with Crippen LogP contribution in [-0.2, 0) is 0 Å². The predicted molar refractivity (Wildman–Crippen MR) is 174 cm³/mol. The molecule has 0 saturated heterocycles. The van der Waals surface area contributed by atoms with E-state index >= 15 is 0 Å². The maximum absolute atomic E-state index is 5.19. The third kappa shape index (κ3) is 4.20. The highest BCUT2D eigenvalue weighted by atomic mass is 14.7. The molecule has 0 aliphatic carbocycles. The van der Waals surface area contributed by atoms with Gasteiger partial charge in [-0.25, -0.2) is 9.97 Å². The molecule has 3 aromatic heterocycles. The fourth-order valence-corrected chi connectivity index (χ4v) is 5.90. The molecule has 3 nitrogen and oxygen atoms in total. The van der Waals surface area contributed by atoms with Gasteiger partial charge in [0, 0.05) is 45.2 Å². The maximum atomic E-state index is 5.19. The summed E-state index contributed by atoms with van der Waals surface area (Å²) in [5, 5.41) is 6.09. The zero-order chi connectivity index (χ0) is 27.9. The Labute approximate surface area is 243 Å². The van der Waals surface area contributed by atoms with Crippen LogP contribution in [0.25, 0.3) is 77.3 Å². The minimum atomic E-state index is 0.939. The Bertz CT molecular complexity index is 2220. The summed E-state index contributed by atoms with van der Waals surface area (Å²) in [6, 6.07) is 49.0. The van der Waals surface area contributed by atoms with Crippen LogP contribution in [0.5, 0.6) is 0 Å². The average molecular weight is 536 g/mol. The van der Waals surface area contributed by atoms with Gasteiger partial charge < -0.3 is 0 Å². The lowest BCUT2D eigenvalue weighted by atomic mass is 9.94. The van der Waals surface area contributed by atoms with Crippen molar-refractivity contribution < 1.29 is 0 Å². The number of nitrogens with zero attached hydrogens (tertiary/aromatic N) is 3. The number of aromatic nitrogens is 3. The largest absolute Gasteiger partial charge is 0.265 e. The smallest absolute Gasteiger partial charge is 0.0788 e. The highest BCUT2D eigenvalue weighted by Gasteiger charge is 2.14. The van der Waals surface area contributed by atoms with Crippen molar-refractivity contribution in [3.05, 3.63) is 152 Å². The molecule has 0 aliphatic heterocycles. The molecule has 3 heterocycles. The standard InChI is InChI=1S/C39H25N3/c1-2-10-32-27(7-1)19-20-34-38(32)33-11-3-4-12-37(33)42-39(34)31-9-5-8-30(25-31)26-15-17-28(18-16-26)35-13-6-14-36(41-35)29-21-23-40-24-22-29/h1-25H. The van der Waals surface area contributed by atoms with Crippen LogP contribution in [-0.4, -0.2) is 15.0 Å². The molecule has 5 aromatic carbocycles. The van der Waals surface area contributed by atoms with E-state index in [0.717, 1.165) is 50.4 Å². The van der Waals surface area contributed by atoms with E-state index in [2.05, 4.69) is 126 Å². The molecule has 42 heavy (non-hydrogen) atoms. The molecule has 0 N–H and O–H groups in total. The van der Waals surface area contributed by atoms with Gasteiger partial charge in [-0.15, -0.1) is 0 Å². The van der Waals surface area contributed by atoms with Gasteiger partial charge in [-0.05, 0) is 58.3 Å². The van der Waals surface area contributed by atoms with E-state index in [0.29, 0.717) is 0 Å². The number of rotatable bonds is 4. The number of hydrogen-bond donors (Lipinski definition) is 0. The second-order valence-electron chi connectivity index (χ2n) is 10.5. The maximum Gasteiger partial charge on any atom is 0.0788 e. The molecule has 0 amide bonds. The number of pyridine rings is 3. The Morgan fingerprint density at radius 3 is 1.88 bits per heavy atom. The Hall–Kier alpha value is -5.67. The summed E-state index contributed by atoms with van der Waals surface area (Å²) in [5.41, 5.74) is 9.45. The molecule has 8 rings (SSSR count). The molecular weight excluding hydrogens is 510 g/mol. The summed E-state index contributed by atoms with van der Waals surface area (Å²) >= 11 is 0. The van der Waals surface area contributed by atoms with Gasteiger partial charge in [0.15, 0.2) is 0 Å².